The summed E-state index contributed by atoms with van der Waals surface area (Å²) in [7, 11) is 1.42. The smallest absolute Gasteiger partial charge is 0.319 e. The van der Waals surface area contributed by atoms with Crippen LogP contribution in [-0.2, 0) is 9.53 Å². The van der Waals surface area contributed by atoms with E-state index in [4.69, 9.17) is 5.73 Å². The first-order valence-corrected chi connectivity index (χ1v) is 5.20. The Hall–Kier alpha value is -0.320. The third-order valence-corrected chi connectivity index (χ3v) is 3.03. The van der Waals surface area contributed by atoms with Crippen LogP contribution in [0.1, 0.15) is 19.8 Å². The second-order valence-electron chi connectivity index (χ2n) is 3.97. The summed E-state index contributed by atoms with van der Waals surface area (Å²) in [6.45, 7) is 4.16. The molecule has 90 valence electrons. The number of nitrogens with two attached hydrogens (primary N) is 1. The molecule has 1 aliphatic rings. The summed E-state index contributed by atoms with van der Waals surface area (Å²) < 4.78 is 4.66. The van der Waals surface area contributed by atoms with E-state index in [2.05, 4.69) is 16.6 Å². The fraction of sp³-hybridized carbons (Fsp3) is 0.900. The zero-order chi connectivity index (χ0) is 10.6. The average molecular weight is 237 g/mol. The SMILES string of the molecule is COC(=O)CN1CCCC(C)C1CN.Cl. The molecule has 1 fully saturated rings. The van der Waals surface area contributed by atoms with E-state index >= 15 is 0 Å². The fourth-order valence-corrected chi connectivity index (χ4v) is 2.14. The highest BCUT2D eigenvalue weighted by molar-refractivity contribution is 5.85. The summed E-state index contributed by atoms with van der Waals surface area (Å²) in [6, 6.07) is 0.336. The molecule has 15 heavy (non-hydrogen) atoms. The highest BCUT2D eigenvalue weighted by Gasteiger charge is 2.28. The predicted molar refractivity (Wildman–Crippen MR) is 62.1 cm³/mol. The summed E-state index contributed by atoms with van der Waals surface area (Å²) in [5.41, 5.74) is 5.71. The van der Waals surface area contributed by atoms with Gasteiger partial charge in [0.15, 0.2) is 0 Å². The van der Waals surface area contributed by atoms with Crippen LogP contribution in [0.25, 0.3) is 0 Å². The molecule has 1 heterocycles. The van der Waals surface area contributed by atoms with Gasteiger partial charge in [0.05, 0.1) is 13.7 Å². The molecule has 0 aromatic heterocycles. The molecule has 1 aliphatic heterocycles. The number of methoxy groups -OCH3 is 1. The molecule has 0 amide bonds. The van der Waals surface area contributed by atoms with Gasteiger partial charge in [0.2, 0.25) is 0 Å². The van der Waals surface area contributed by atoms with E-state index in [1.54, 1.807) is 0 Å². The summed E-state index contributed by atoms with van der Waals surface area (Å²) in [5.74, 6) is 0.413. The molecule has 1 rings (SSSR count). The van der Waals surface area contributed by atoms with Crippen LogP contribution in [0.3, 0.4) is 0 Å². The van der Waals surface area contributed by atoms with Crippen molar-refractivity contribution in [1.82, 2.24) is 4.90 Å². The number of hydrogen-bond acceptors (Lipinski definition) is 4. The number of likely N-dealkylation sites (tertiary alicyclic amines) is 1. The molecule has 2 N–H and O–H groups in total. The summed E-state index contributed by atoms with van der Waals surface area (Å²) in [5, 5.41) is 0. The molecule has 2 unspecified atom stereocenters. The number of ether oxygens (including phenoxy) is 1. The molecule has 0 radical (unpaired) electrons. The van der Waals surface area contributed by atoms with Crippen molar-refractivity contribution in [1.29, 1.82) is 0 Å². The van der Waals surface area contributed by atoms with Crippen molar-refractivity contribution in [3.8, 4) is 0 Å². The van der Waals surface area contributed by atoms with E-state index in [1.807, 2.05) is 0 Å². The molecule has 0 bridgehead atoms. The maximum Gasteiger partial charge on any atom is 0.319 e. The predicted octanol–water partition coefficient (Wildman–Crippen LogP) is 0.640. The topological polar surface area (TPSA) is 55.6 Å². The van der Waals surface area contributed by atoms with Crippen LogP contribution in [-0.4, -0.2) is 43.7 Å². The minimum atomic E-state index is -0.169. The van der Waals surface area contributed by atoms with Gasteiger partial charge >= 0.3 is 5.97 Å². The van der Waals surface area contributed by atoms with Crippen molar-refractivity contribution in [2.24, 2.45) is 11.7 Å². The molecule has 5 heteroatoms. The minimum Gasteiger partial charge on any atom is -0.468 e. The van der Waals surface area contributed by atoms with Crippen LogP contribution in [0.2, 0.25) is 0 Å². The van der Waals surface area contributed by atoms with E-state index < -0.39 is 0 Å². The van der Waals surface area contributed by atoms with Gasteiger partial charge in [0.25, 0.3) is 0 Å². The maximum atomic E-state index is 11.1. The third-order valence-electron chi connectivity index (χ3n) is 3.03. The molecule has 0 aromatic rings. The fourth-order valence-electron chi connectivity index (χ4n) is 2.14. The lowest BCUT2D eigenvalue weighted by molar-refractivity contribution is -0.143. The Morgan fingerprint density at radius 2 is 2.27 bits per heavy atom. The van der Waals surface area contributed by atoms with Crippen molar-refractivity contribution in [3.63, 3.8) is 0 Å². The second-order valence-corrected chi connectivity index (χ2v) is 3.97. The molecule has 2 atom stereocenters. The Labute approximate surface area is 97.5 Å². The van der Waals surface area contributed by atoms with Crippen LogP contribution in [0.5, 0.6) is 0 Å². The van der Waals surface area contributed by atoms with Crippen LogP contribution >= 0.6 is 12.4 Å². The minimum absolute atomic E-state index is 0. The quantitative estimate of drug-likeness (QED) is 0.731. The van der Waals surface area contributed by atoms with Crippen molar-refractivity contribution in [2.45, 2.75) is 25.8 Å². The van der Waals surface area contributed by atoms with E-state index in [0.717, 1.165) is 13.0 Å². The number of piperidine rings is 1. The molecule has 0 aromatic carbocycles. The Morgan fingerprint density at radius 1 is 1.60 bits per heavy atom. The van der Waals surface area contributed by atoms with Crippen LogP contribution in [0, 0.1) is 5.92 Å². The number of nitrogens with zero attached hydrogens (tertiary/aromatic N) is 1. The normalized spacial score (nSPS) is 26.9. The summed E-state index contributed by atoms with van der Waals surface area (Å²) >= 11 is 0. The highest BCUT2D eigenvalue weighted by Crippen LogP contribution is 2.22. The highest BCUT2D eigenvalue weighted by atomic mass is 35.5. The lowest BCUT2D eigenvalue weighted by Crippen LogP contribution is -2.50. The Bertz CT molecular complexity index is 202. The van der Waals surface area contributed by atoms with Crippen LogP contribution < -0.4 is 5.73 Å². The number of rotatable bonds is 3. The van der Waals surface area contributed by atoms with Crippen molar-refractivity contribution < 1.29 is 9.53 Å². The van der Waals surface area contributed by atoms with Gasteiger partial charge in [-0.2, -0.15) is 0 Å². The molecule has 1 saturated heterocycles. The molecule has 0 spiro atoms. The standard InChI is InChI=1S/C10H20N2O2.ClH/c1-8-4-3-5-12(9(8)6-11)7-10(13)14-2;/h8-9H,3-7,11H2,1-2H3;1H. The monoisotopic (exact) mass is 236 g/mol. The van der Waals surface area contributed by atoms with Crippen LogP contribution in [0.15, 0.2) is 0 Å². The Kier molecular flexibility index (Phi) is 6.89. The lowest BCUT2D eigenvalue weighted by atomic mass is 9.91. The van der Waals surface area contributed by atoms with E-state index in [9.17, 15) is 4.79 Å². The Balaban J connectivity index is 0.00000196. The van der Waals surface area contributed by atoms with E-state index in [0.29, 0.717) is 25.0 Å². The average Bonchev–Trinajstić information content (AvgIpc) is 2.18. The number of halogens is 1. The first-order valence-electron chi connectivity index (χ1n) is 5.20. The van der Waals surface area contributed by atoms with Crippen molar-refractivity contribution in [2.75, 3.05) is 26.7 Å². The van der Waals surface area contributed by atoms with Gasteiger partial charge in [-0.15, -0.1) is 12.4 Å². The maximum absolute atomic E-state index is 11.1. The summed E-state index contributed by atoms with van der Waals surface area (Å²) in [4.78, 5) is 13.3. The van der Waals surface area contributed by atoms with Gasteiger partial charge in [0, 0.05) is 12.6 Å². The van der Waals surface area contributed by atoms with Gasteiger partial charge in [-0.1, -0.05) is 6.92 Å². The van der Waals surface area contributed by atoms with Gasteiger partial charge in [0.1, 0.15) is 0 Å². The summed E-state index contributed by atoms with van der Waals surface area (Å²) in [6.07, 6.45) is 2.36. The third kappa shape index (κ3) is 3.97. The van der Waals surface area contributed by atoms with Gasteiger partial charge in [-0.25, -0.2) is 0 Å². The van der Waals surface area contributed by atoms with Gasteiger partial charge in [-0.3, -0.25) is 9.69 Å². The second kappa shape index (κ2) is 7.04. The molecule has 0 aliphatic carbocycles. The van der Waals surface area contributed by atoms with E-state index in [1.165, 1.54) is 13.5 Å². The first kappa shape index (κ1) is 14.7. The lowest BCUT2D eigenvalue weighted by Gasteiger charge is -2.38. The van der Waals surface area contributed by atoms with Crippen molar-refractivity contribution in [3.05, 3.63) is 0 Å². The number of carbonyl (C=O) groups excluding carboxylic acids is 1. The largest absolute Gasteiger partial charge is 0.468 e. The number of esters is 1. The zero-order valence-corrected chi connectivity index (χ0v) is 10.3. The number of carbonyl (C=O) groups is 1. The number of hydrogen-bond donors (Lipinski definition) is 1. The molecule has 0 saturated carbocycles. The van der Waals surface area contributed by atoms with Crippen LogP contribution in [0.4, 0.5) is 0 Å². The molecule has 4 nitrogen and oxygen atoms in total. The van der Waals surface area contributed by atoms with Gasteiger partial charge < -0.3 is 10.5 Å². The Morgan fingerprint density at radius 3 is 2.80 bits per heavy atom. The van der Waals surface area contributed by atoms with E-state index in [-0.39, 0.29) is 18.4 Å². The van der Waals surface area contributed by atoms with Crippen molar-refractivity contribution >= 4 is 18.4 Å². The van der Waals surface area contributed by atoms with Gasteiger partial charge in [-0.05, 0) is 25.3 Å². The molecular formula is C10H21ClN2O2. The molecular weight excluding hydrogens is 216 g/mol. The zero-order valence-electron chi connectivity index (χ0n) is 9.44. The first-order chi connectivity index (χ1) is 6.69.